The summed E-state index contributed by atoms with van der Waals surface area (Å²) < 4.78 is 122. The van der Waals surface area contributed by atoms with Crippen LogP contribution in [0.5, 0.6) is 5.75 Å². The zero-order valence-electron chi connectivity index (χ0n) is 27.4. The molecule has 270 valence electrons. The van der Waals surface area contributed by atoms with E-state index in [0.29, 0.717) is 51.1 Å². The molecule has 1 saturated carbocycles. The Morgan fingerprint density at radius 2 is 1.51 bits per heavy atom. The van der Waals surface area contributed by atoms with Crippen molar-refractivity contribution in [3.05, 3.63) is 59.4 Å². The van der Waals surface area contributed by atoms with Crippen LogP contribution in [0.4, 0.5) is 22.0 Å². The molecule has 0 radical (unpaired) electrons. The maximum atomic E-state index is 14.3. The molecule has 0 amide bonds. The molecule has 4 saturated heterocycles. The molecule has 8 nitrogen and oxygen atoms in total. The first-order valence-corrected chi connectivity index (χ1v) is 20.4. The molecule has 15 heteroatoms. The Morgan fingerprint density at radius 1 is 0.878 bits per heavy atom. The van der Waals surface area contributed by atoms with Crippen LogP contribution < -0.4 is 4.74 Å². The number of benzene rings is 1. The van der Waals surface area contributed by atoms with E-state index in [-0.39, 0.29) is 50.9 Å². The fraction of sp³-hybridized carbons (Fsp3) is 0.676. The monoisotopic (exact) mass is 731 g/mol. The largest absolute Gasteiger partial charge is 0.486 e. The van der Waals surface area contributed by atoms with Gasteiger partial charge in [0.2, 0.25) is 0 Å². The maximum Gasteiger partial charge on any atom is 0.433 e. The minimum Gasteiger partial charge on any atom is -0.486 e. The second-order valence-electron chi connectivity index (χ2n) is 16.1. The summed E-state index contributed by atoms with van der Waals surface area (Å²) in [6, 6.07) is 5.92. The Labute approximate surface area is 284 Å². The van der Waals surface area contributed by atoms with Gasteiger partial charge in [-0.1, -0.05) is 6.07 Å². The van der Waals surface area contributed by atoms with Crippen LogP contribution in [0.25, 0.3) is 0 Å². The highest BCUT2D eigenvalue weighted by atomic mass is 32.2. The molecule has 4 aliphatic heterocycles. The van der Waals surface area contributed by atoms with Crippen molar-refractivity contribution in [3.63, 3.8) is 0 Å². The Hall–Kier alpha value is -2.36. The normalized spacial score (nSPS) is 29.6. The first-order valence-electron chi connectivity index (χ1n) is 16.8. The van der Waals surface area contributed by atoms with Crippen LogP contribution >= 0.6 is 0 Å². The first kappa shape index (κ1) is 35.1. The topological polar surface area (TPSA) is 96.9 Å². The summed E-state index contributed by atoms with van der Waals surface area (Å²) in [7, 11) is -5.98. The van der Waals surface area contributed by atoms with Crippen molar-refractivity contribution in [2.75, 3.05) is 62.3 Å². The van der Waals surface area contributed by atoms with E-state index in [9.17, 15) is 38.8 Å². The summed E-state index contributed by atoms with van der Waals surface area (Å²) in [4.78, 5) is 8.22. The molecule has 1 aliphatic carbocycles. The van der Waals surface area contributed by atoms with E-state index in [1.165, 1.54) is 18.3 Å². The third kappa shape index (κ3) is 7.50. The minimum absolute atomic E-state index is 0.0691. The smallest absolute Gasteiger partial charge is 0.433 e. The molecule has 2 aromatic rings. The molecule has 1 aromatic carbocycles. The summed E-state index contributed by atoms with van der Waals surface area (Å²) in [6.45, 7) is 5.80. The van der Waals surface area contributed by atoms with Crippen molar-refractivity contribution in [2.45, 2.75) is 57.2 Å². The van der Waals surface area contributed by atoms with E-state index >= 15 is 0 Å². The molecule has 5 aliphatic rings. The minimum atomic E-state index is -4.55. The zero-order chi connectivity index (χ0) is 35.1. The molecule has 3 unspecified atom stereocenters. The molecule has 2 spiro atoms. The summed E-state index contributed by atoms with van der Waals surface area (Å²) in [5.41, 5.74) is -1.90. The summed E-state index contributed by atoms with van der Waals surface area (Å²) in [5.74, 6) is -0.974. The number of halogens is 5. The van der Waals surface area contributed by atoms with Crippen LogP contribution in [0, 0.1) is 33.8 Å². The van der Waals surface area contributed by atoms with E-state index in [4.69, 9.17) is 4.74 Å². The van der Waals surface area contributed by atoms with E-state index in [2.05, 4.69) is 14.8 Å². The van der Waals surface area contributed by atoms with Crippen LogP contribution in [-0.2, 0) is 32.3 Å². The second-order valence-corrected chi connectivity index (χ2v) is 20.3. The van der Waals surface area contributed by atoms with Crippen molar-refractivity contribution < 1.29 is 43.5 Å². The Balaban J connectivity index is 1.11. The van der Waals surface area contributed by atoms with E-state index in [1.807, 2.05) is 6.92 Å². The third-order valence-corrected chi connectivity index (χ3v) is 15.8. The van der Waals surface area contributed by atoms with Crippen molar-refractivity contribution >= 4 is 19.7 Å². The van der Waals surface area contributed by atoms with Gasteiger partial charge in [0.15, 0.2) is 31.3 Å². The highest BCUT2D eigenvalue weighted by Gasteiger charge is 2.59. The van der Waals surface area contributed by atoms with Gasteiger partial charge in [0.25, 0.3) is 0 Å². The lowest BCUT2D eigenvalue weighted by Crippen LogP contribution is -2.56. The second kappa shape index (κ2) is 11.8. The van der Waals surface area contributed by atoms with Crippen molar-refractivity contribution in [1.82, 2.24) is 14.8 Å². The van der Waals surface area contributed by atoms with Gasteiger partial charge >= 0.3 is 6.18 Å². The summed E-state index contributed by atoms with van der Waals surface area (Å²) >= 11 is 0. The number of hydrogen-bond donors (Lipinski definition) is 0. The Kier molecular flexibility index (Phi) is 8.47. The predicted octanol–water partition coefficient (Wildman–Crippen LogP) is 4.79. The number of nitrogens with zero attached hydrogens (tertiary/aromatic N) is 3. The summed E-state index contributed by atoms with van der Waals surface area (Å²) in [6.07, 6.45) is 0.770. The van der Waals surface area contributed by atoms with Gasteiger partial charge < -0.3 is 9.64 Å². The lowest BCUT2D eigenvalue weighted by Gasteiger charge is -2.48. The van der Waals surface area contributed by atoms with Crippen molar-refractivity contribution in [2.24, 2.45) is 22.2 Å². The highest BCUT2D eigenvalue weighted by molar-refractivity contribution is 7.93. The zero-order valence-corrected chi connectivity index (χ0v) is 29.1. The standard InChI is InChI=1S/C34H42F5N3O5S2/c1-30(47-26-3-4-27(35)28(36)12-26,17-41-9-6-31(7-10-41)20-48(43,44)21-31)14-25-15-33(25,13-24-2-5-29(40-16-24)34(37,38)39)19-42-11-8-32(18-42)22-49(45,46)23-32/h2-5,12,16,25H,6-11,13-15,17-23H2,1H3. The number of aromatic nitrogens is 1. The number of sulfone groups is 2. The Bertz CT molecular complexity index is 1790. The SMILES string of the molecule is CC(CC1CC1(Cc1ccc(C(F)(F)F)nc1)CN1CCC2(C1)CS(=O)(=O)C2)(CN1CCC2(CC1)CS(=O)(=O)C2)Oc1ccc(F)c(F)c1. The van der Waals surface area contributed by atoms with Gasteiger partial charge in [-0.25, -0.2) is 25.6 Å². The molecule has 7 rings (SSSR count). The van der Waals surface area contributed by atoms with Crippen LogP contribution in [0.15, 0.2) is 36.5 Å². The lowest BCUT2D eigenvalue weighted by atomic mass is 9.80. The number of likely N-dealkylation sites (tertiary alicyclic amines) is 2. The third-order valence-electron chi connectivity index (χ3n) is 11.6. The van der Waals surface area contributed by atoms with Gasteiger partial charge in [0, 0.05) is 42.7 Å². The first-order chi connectivity index (χ1) is 22.8. The molecular weight excluding hydrogens is 690 g/mol. The quantitative estimate of drug-likeness (QED) is 0.323. The van der Waals surface area contributed by atoms with Gasteiger partial charge in [0.05, 0.1) is 23.0 Å². The van der Waals surface area contributed by atoms with Crippen LogP contribution in [0.1, 0.15) is 50.3 Å². The predicted molar refractivity (Wildman–Crippen MR) is 172 cm³/mol. The van der Waals surface area contributed by atoms with Crippen molar-refractivity contribution in [3.8, 4) is 5.75 Å². The molecule has 1 aromatic heterocycles. The van der Waals surface area contributed by atoms with E-state index in [1.54, 1.807) is 0 Å². The van der Waals surface area contributed by atoms with Gasteiger partial charge in [-0.05, 0) is 100 Å². The average molecular weight is 732 g/mol. The van der Waals surface area contributed by atoms with Crippen LogP contribution in [0.2, 0.25) is 0 Å². The maximum absolute atomic E-state index is 14.3. The average Bonchev–Trinajstić information content (AvgIpc) is 3.44. The molecule has 5 heterocycles. The van der Waals surface area contributed by atoms with Crippen LogP contribution in [0.3, 0.4) is 0 Å². The number of pyridine rings is 1. The molecule has 0 bridgehead atoms. The van der Waals surface area contributed by atoms with Gasteiger partial charge in [-0.3, -0.25) is 9.88 Å². The van der Waals surface area contributed by atoms with Gasteiger partial charge in [-0.15, -0.1) is 0 Å². The molecule has 0 N–H and O–H groups in total. The van der Waals surface area contributed by atoms with E-state index in [0.717, 1.165) is 50.4 Å². The van der Waals surface area contributed by atoms with Crippen LogP contribution in [-0.4, -0.2) is 99.5 Å². The lowest BCUT2D eigenvalue weighted by molar-refractivity contribution is -0.141. The number of ether oxygens (including phenoxy) is 1. The van der Waals surface area contributed by atoms with Crippen molar-refractivity contribution in [1.29, 1.82) is 0 Å². The number of rotatable bonds is 10. The summed E-state index contributed by atoms with van der Waals surface area (Å²) in [5, 5.41) is 0. The molecule has 49 heavy (non-hydrogen) atoms. The number of hydrogen-bond acceptors (Lipinski definition) is 8. The Morgan fingerprint density at radius 3 is 2.10 bits per heavy atom. The molecular formula is C34H42F5N3O5S2. The molecule has 3 atom stereocenters. The fourth-order valence-corrected chi connectivity index (χ4v) is 14.0. The van der Waals surface area contributed by atoms with Gasteiger partial charge in [0.1, 0.15) is 17.0 Å². The van der Waals surface area contributed by atoms with E-state index < -0.39 is 48.8 Å². The van der Waals surface area contributed by atoms with Gasteiger partial charge in [-0.2, -0.15) is 13.2 Å². The fourth-order valence-electron chi connectivity index (χ4n) is 9.35. The number of alkyl halides is 3. The number of piperidine rings is 1. The highest BCUT2D eigenvalue weighted by Crippen LogP contribution is 2.60. The molecule has 5 fully saturated rings.